The highest BCUT2D eigenvalue weighted by Gasteiger charge is 2.11. The molecule has 0 radical (unpaired) electrons. The van der Waals surface area contributed by atoms with Crippen molar-refractivity contribution in [1.29, 1.82) is 0 Å². The Morgan fingerprint density at radius 3 is 2.75 bits per heavy atom. The molecule has 0 saturated carbocycles. The van der Waals surface area contributed by atoms with E-state index in [0.717, 1.165) is 17.5 Å². The first-order chi connectivity index (χ1) is 9.52. The number of benzene rings is 1. The minimum Gasteiger partial charge on any atom is -0.352 e. The molecule has 4 nitrogen and oxygen atoms in total. The summed E-state index contributed by atoms with van der Waals surface area (Å²) in [5.41, 5.74) is 0.688. The molecule has 1 unspecified atom stereocenters. The summed E-state index contributed by atoms with van der Waals surface area (Å²) in [5, 5.41) is 4.44. The predicted octanol–water partition coefficient (Wildman–Crippen LogP) is 2.22. The number of carbonyl (C=O) groups excluding carboxylic acids is 1. The van der Waals surface area contributed by atoms with Gasteiger partial charge in [0.1, 0.15) is 6.54 Å². The summed E-state index contributed by atoms with van der Waals surface area (Å²) >= 11 is 0. The quantitative estimate of drug-likeness (QED) is 0.928. The SMILES string of the molecule is CCC(C)NC(=O)Cn1c(C)cc2ccccc2c1=O. The van der Waals surface area contributed by atoms with Gasteiger partial charge in [-0.1, -0.05) is 25.1 Å². The Kier molecular flexibility index (Phi) is 4.23. The van der Waals surface area contributed by atoms with Gasteiger partial charge in [0.05, 0.1) is 0 Å². The van der Waals surface area contributed by atoms with Gasteiger partial charge in [-0.25, -0.2) is 0 Å². The molecule has 1 atom stereocenters. The maximum atomic E-state index is 12.4. The van der Waals surface area contributed by atoms with E-state index in [1.165, 1.54) is 4.57 Å². The number of rotatable bonds is 4. The van der Waals surface area contributed by atoms with Crippen molar-refractivity contribution in [3.05, 3.63) is 46.4 Å². The van der Waals surface area contributed by atoms with E-state index in [1.54, 1.807) is 6.07 Å². The topological polar surface area (TPSA) is 51.1 Å². The molecule has 0 saturated heterocycles. The summed E-state index contributed by atoms with van der Waals surface area (Å²) in [4.78, 5) is 24.4. The third kappa shape index (κ3) is 2.90. The Morgan fingerprint density at radius 2 is 2.05 bits per heavy atom. The Morgan fingerprint density at radius 1 is 1.35 bits per heavy atom. The lowest BCUT2D eigenvalue weighted by Gasteiger charge is -2.14. The van der Waals surface area contributed by atoms with Crippen molar-refractivity contribution in [2.75, 3.05) is 0 Å². The fourth-order valence-corrected chi connectivity index (χ4v) is 2.19. The van der Waals surface area contributed by atoms with Crippen LogP contribution >= 0.6 is 0 Å². The lowest BCUT2D eigenvalue weighted by atomic mass is 10.1. The normalized spacial score (nSPS) is 12.3. The van der Waals surface area contributed by atoms with E-state index in [-0.39, 0.29) is 24.1 Å². The number of amides is 1. The van der Waals surface area contributed by atoms with Crippen molar-refractivity contribution >= 4 is 16.7 Å². The molecule has 0 fully saturated rings. The number of fused-ring (bicyclic) bond motifs is 1. The highest BCUT2D eigenvalue weighted by Crippen LogP contribution is 2.11. The van der Waals surface area contributed by atoms with Crippen molar-refractivity contribution in [3.63, 3.8) is 0 Å². The molecule has 0 aliphatic rings. The summed E-state index contributed by atoms with van der Waals surface area (Å²) in [7, 11) is 0. The molecule has 20 heavy (non-hydrogen) atoms. The van der Waals surface area contributed by atoms with Crippen LogP contribution in [0.25, 0.3) is 10.8 Å². The van der Waals surface area contributed by atoms with E-state index in [2.05, 4.69) is 5.32 Å². The molecule has 4 heteroatoms. The number of carbonyl (C=O) groups is 1. The molecule has 106 valence electrons. The number of hydrogen-bond acceptors (Lipinski definition) is 2. The summed E-state index contributed by atoms with van der Waals surface area (Å²) in [6, 6.07) is 9.50. The molecule has 1 N–H and O–H groups in total. The first-order valence-corrected chi connectivity index (χ1v) is 6.91. The monoisotopic (exact) mass is 272 g/mol. The second-order valence-electron chi connectivity index (χ2n) is 5.14. The zero-order valence-electron chi connectivity index (χ0n) is 12.1. The van der Waals surface area contributed by atoms with Crippen molar-refractivity contribution in [3.8, 4) is 0 Å². The molecule has 1 heterocycles. The molecule has 2 aromatic rings. The Hall–Kier alpha value is -2.10. The van der Waals surface area contributed by atoms with Crippen molar-refractivity contribution in [2.24, 2.45) is 0 Å². The van der Waals surface area contributed by atoms with Gasteiger partial charge in [0.2, 0.25) is 5.91 Å². The van der Waals surface area contributed by atoms with Gasteiger partial charge >= 0.3 is 0 Å². The second kappa shape index (κ2) is 5.90. The van der Waals surface area contributed by atoms with Gasteiger partial charge in [-0.3, -0.25) is 9.59 Å². The van der Waals surface area contributed by atoms with Gasteiger partial charge in [-0.2, -0.15) is 0 Å². The number of nitrogens with one attached hydrogen (secondary N) is 1. The van der Waals surface area contributed by atoms with E-state index < -0.39 is 0 Å². The number of aryl methyl sites for hydroxylation is 1. The van der Waals surface area contributed by atoms with Crippen LogP contribution in [0.5, 0.6) is 0 Å². The molecule has 0 bridgehead atoms. The summed E-state index contributed by atoms with van der Waals surface area (Å²) in [6.45, 7) is 5.89. The van der Waals surface area contributed by atoms with Gasteiger partial charge in [0.25, 0.3) is 5.56 Å². The van der Waals surface area contributed by atoms with Crippen LogP contribution in [0.1, 0.15) is 26.0 Å². The number of pyridine rings is 1. The van der Waals surface area contributed by atoms with Gasteiger partial charge in [-0.15, -0.1) is 0 Å². The third-order valence-corrected chi connectivity index (χ3v) is 3.55. The minimum atomic E-state index is -0.125. The third-order valence-electron chi connectivity index (χ3n) is 3.55. The fraction of sp³-hybridized carbons (Fsp3) is 0.375. The smallest absolute Gasteiger partial charge is 0.259 e. The molecule has 0 aliphatic carbocycles. The molecule has 0 spiro atoms. The summed E-state index contributed by atoms with van der Waals surface area (Å²) in [6.07, 6.45) is 0.872. The van der Waals surface area contributed by atoms with Crippen molar-refractivity contribution < 1.29 is 4.79 Å². The van der Waals surface area contributed by atoms with Crippen molar-refractivity contribution in [2.45, 2.75) is 39.8 Å². The van der Waals surface area contributed by atoms with E-state index in [0.29, 0.717) is 5.39 Å². The molecule has 1 aromatic heterocycles. The van der Waals surface area contributed by atoms with Gasteiger partial charge in [0.15, 0.2) is 0 Å². The number of aromatic nitrogens is 1. The van der Waals surface area contributed by atoms with Crippen LogP contribution in [0.4, 0.5) is 0 Å². The van der Waals surface area contributed by atoms with Gasteiger partial charge in [-0.05, 0) is 37.8 Å². The average molecular weight is 272 g/mol. The largest absolute Gasteiger partial charge is 0.352 e. The summed E-state index contributed by atoms with van der Waals surface area (Å²) < 4.78 is 1.53. The molecule has 1 amide bonds. The standard InChI is InChI=1S/C16H20N2O2/c1-4-11(2)17-15(19)10-18-12(3)9-13-7-5-6-8-14(13)16(18)20/h5-9,11H,4,10H2,1-3H3,(H,17,19). The van der Waals surface area contributed by atoms with Gasteiger partial charge in [0, 0.05) is 17.1 Å². The predicted molar refractivity (Wildman–Crippen MR) is 80.8 cm³/mol. The molecular formula is C16H20N2O2. The van der Waals surface area contributed by atoms with Crippen LogP contribution in [0.15, 0.2) is 35.1 Å². The zero-order chi connectivity index (χ0) is 14.7. The van der Waals surface area contributed by atoms with Crippen LogP contribution in [-0.4, -0.2) is 16.5 Å². The lowest BCUT2D eigenvalue weighted by molar-refractivity contribution is -0.122. The van der Waals surface area contributed by atoms with E-state index >= 15 is 0 Å². The van der Waals surface area contributed by atoms with E-state index in [4.69, 9.17) is 0 Å². The Balaban J connectivity index is 2.35. The fourth-order valence-electron chi connectivity index (χ4n) is 2.19. The molecule has 2 rings (SSSR count). The Bertz CT molecular complexity index is 688. The maximum Gasteiger partial charge on any atom is 0.259 e. The molecular weight excluding hydrogens is 252 g/mol. The first kappa shape index (κ1) is 14.3. The minimum absolute atomic E-state index is 0.0693. The highest BCUT2D eigenvalue weighted by molar-refractivity contribution is 5.82. The zero-order valence-corrected chi connectivity index (χ0v) is 12.1. The van der Waals surface area contributed by atoms with Crippen LogP contribution in [0.3, 0.4) is 0 Å². The Labute approximate surface area is 118 Å². The van der Waals surface area contributed by atoms with Crippen LogP contribution in [0.2, 0.25) is 0 Å². The summed E-state index contributed by atoms with van der Waals surface area (Å²) in [5.74, 6) is -0.125. The number of hydrogen-bond donors (Lipinski definition) is 1. The van der Waals surface area contributed by atoms with E-state index in [9.17, 15) is 9.59 Å². The van der Waals surface area contributed by atoms with Crippen molar-refractivity contribution in [1.82, 2.24) is 9.88 Å². The average Bonchev–Trinajstić information content (AvgIpc) is 2.43. The maximum absolute atomic E-state index is 12.4. The molecule has 0 aliphatic heterocycles. The van der Waals surface area contributed by atoms with Crippen LogP contribution in [0, 0.1) is 6.92 Å². The second-order valence-corrected chi connectivity index (χ2v) is 5.14. The lowest BCUT2D eigenvalue weighted by Crippen LogP contribution is -2.37. The van der Waals surface area contributed by atoms with Crippen LogP contribution < -0.4 is 10.9 Å². The van der Waals surface area contributed by atoms with Gasteiger partial charge < -0.3 is 9.88 Å². The number of nitrogens with zero attached hydrogens (tertiary/aromatic N) is 1. The molecule has 1 aromatic carbocycles. The van der Waals surface area contributed by atoms with E-state index in [1.807, 2.05) is 45.0 Å². The first-order valence-electron chi connectivity index (χ1n) is 6.91. The highest BCUT2D eigenvalue weighted by atomic mass is 16.2. The van der Waals surface area contributed by atoms with Crippen LogP contribution in [-0.2, 0) is 11.3 Å².